The van der Waals surface area contributed by atoms with Gasteiger partial charge >= 0.3 is 5.97 Å². The van der Waals surface area contributed by atoms with Gasteiger partial charge in [0.25, 0.3) is 0 Å². The van der Waals surface area contributed by atoms with E-state index in [2.05, 4.69) is 4.90 Å². The van der Waals surface area contributed by atoms with E-state index < -0.39 is 11.5 Å². The van der Waals surface area contributed by atoms with Crippen LogP contribution in [0.2, 0.25) is 0 Å². The molecule has 0 saturated carbocycles. The lowest BCUT2D eigenvalue weighted by atomic mass is 9.76. The van der Waals surface area contributed by atoms with Crippen LogP contribution in [0.5, 0.6) is 0 Å². The van der Waals surface area contributed by atoms with Gasteiger partial charge < -0.3 is 5.11 Å². The van der Waals surface area contributed by atoms with Crippen molar-refractivity contribution in [3.63, 3.8) is 0 Å². The number of carboxylic acid groups (broad SMARTS) is 1. The molecule has 3 aliphatic heterocycles. The van der Waals surface area contributed by atoms with Crippen LogP contribution >= 0.6 is 0 Å². The zero-order valence-electron chi connectivity index (χ0n) is 6.99. The Bertz CT molecular complexity index is 249. The maximum atomic E-state index is 11.1. The molecule has 2 bridgehead atoms. The minimum Gasteiger partial charge on any atom is -0.480 e. The van der Waals surface area contributed by atoms with E-state index in [1.54, 1.807) is 0 Å². The van der Waals surface area contributed by atoms with E-state index in [9.17, 15) is 4.79 Å². The topological polar surface area (TPSA) is 40.5 Å². The van der Waals surface area contributed by atoms with Gasteiger partial charge in [0.05, 0.1) is 0 Å². The molecule has 0 aromatic carbocycles. The van der Waals surface area contributed by atoms with Gasteiger partial charge in [-0.2, -0.15) is 0 Å². The predicted molar refractivity (Wildman–Crippen MR) is 42.8 cm³/mol. The monoisotopic (exact) mass is 167 g/mol. The van der Waals surface area contributed by atoms with Crippen LogP contribution in [0.3, 0.4) is 0 Å². The highest BCUT2D eigenvalue weighted by Gasteiger charge is 2.62. The first-order chi connectivity index (χ1) is 5.72. The minimum atomic E-state index is -0.584. The SMILES string of the molecule is O=C(O)C12CCC3CC(C1)N2C3. The van der Waals surface area contributed by atoms with Crippen LogP contribution in [-0.4, -0.2) is 34.1 Å². The van der Waals surface area contributed by atoms with Crippen molar-refractivity contribution in [1.82, 2.24) is 4.90 Å². The van der Waals surface area contributed by atoms with Crippen molar-refractivity contribution in [2.75, 3.05) is 6.54 Å². The molecule has 3 aliphatic rings. The summed E-state index contributed by atoms with van der Waals surface area (Å²) < 4.78 is 0. The molecule has 3 nitrogen and oxygen atoms in total. The normalized spacial score (nSPS) is 50.3. The van der Waals surface area contributed by atoms with Gasteiger partial charge in [0.1, 0.15) is 5.54 Å². The maximum Gasteiger partial charge on any atom is 0.324 e. The van der Waals surface area contributed by atoms with Gasteiger partial charge in [0.2, 0.25) is 0 Å². The van der Waals surface area contributed by atoms with Crippen LogP contribution in [0.15, 0.2) is 0 Å². The highest BCUT2D eigenvalue weighted by molar-refractivity contribution is 5.80. The van der Waals surface area contributed by atoms with Crippen LogP contribution in [0.1, 0.15) is 25.7 Å². The van der Waals surface area contributed by atoms with Crippen molar-refractivity contribution in [3.05, 3.63) is 0 Å². The summed E-state index contributed by atoms with van der Waals surface area (Å²) in [4.78, 5) is 13.3. The molecular formula is C9H13NO2. The van der Waals surface area contributed by atoms with E-state index in [-0.39, 0.29) is 0 Å². The van der Waals surface area contributed by atoms with Crippen molar-refractivity contribution in [3.8, 4) is 0 Å². The molecule has 0 aromatic heterocycles. The third kappa shape index (κ3) is 0.565. The molecule has 66 valence electrons. The fourth-order valence-electron chi connectivity index (χ4n) is 3.34. The van der Waals surface area contributed by atoms with Crippen LogP contribution in [0.4, 0.5) is 0 Å². The van der Waals surface area contributed by atoms with Gasteiger partial charge in [0.15, 0.2) is 0 Å². The van der Waals surface area contributed by atoms with Gasteiger partial charge in [-0.15, -0.1) is 0 Å². The summed E-state index contributed by atoms with van der Waals surface area (Å²) in [5.74, 6) is 0.226. The molecule has 0 amide bonds. The number of piperidine rings is 1. The second-order valence-electron chi connectivity index (χ2n) is 4.49. The van der Waals surface area contributed by atoms with Crippen LogP contribution in [0.25, 0.3) is 0 Å². The number of hydrogen-bond acceptors (Lipinski definition) is 2. The van der Waals surface area contributed by atoms with Gasteiger partial charge in [-0.3, -0.25) is 9.69 Å². The third-order valence-electron chi connectivity index (χ3n) is 3.99. The Morgan fingerprint density at radius 2 is 2.42 bits per heavy atom. The molecule has 3 rings (SSSR count). The zero-order chi connectivity index (χ0) is 8.34. The first-order valence-electron chi connectivity index (χ1n) is 4.72. The summed E-state index contributed by atoms with van der Waals surface area (Å²) in [5, 5.41) is 9.11. The Balaban J connectivity index is 1.96. The van der Waals surface area contributed by atoms with Crippen molar-refractivity contribution in [2.24, 2.45) is 5.92 Å². The van der Waals surface area contributed by atoms with Crippen molar-refractivity contribution in [2.45, 2.75) is 37.3 Å². The molecule has 1 N–H and O–H groups in total. The van der Waals surface area contributed by atoms with Crippen LogP contribution < -0.4 is 0 Å². The lowest BCUT2D eigenvalue weighted by molar-refractivity contribution is -0.168. The fraction of sp³-hybridized carbons (Fsp3) is 0.889. The lowest BCUT2D eigenvalue weighted by Crippen LogP contribution is -2.68. The molecule has 3 heterocycles. The first-order valence-corrected chi connectivity index (χ1v) is 4.72. The van der Waals surface area contributed by atoms with E-state index in [1.165, 1.54) is 6.42 Å². The van der Waals surface area contributed by atoms with E-state index in [4.69, 9.17) is 5.11 Å². The Morgan fingerprint density at radius 1 is 1.58 bits per heavy atom. The van der Waals surface area contributed by atoms with E-state index in [0.29, 0.717) is 6.04 Å². The summed E-state index contributed by atoms with van der Waals surface area (Å²) in [6.07, 6.45) is 4.21. The lowest BCUT2D eigenvalue weighted by Gasteiger charge is -2.53. The molecule has 12 heavy (non-hydrogen) atoms. The van der Waals surface area contributed by atoms with Gasteiger partial charge in [0, 0.05) is 12.6 Å². The highest BCUT2D eigenvalue weighted by Crippen LogP contribution is 2.53. The number of rotatable bonds is 1. The smallest absolute Gasteiger partial charge is 0.324 e. The minimum absolute atomic E-state index is 0.419. The number of aliphatic carboxylic acids is 1. The van der Waals surface area contributed by atoms with Crippen LogP contribution in [0, 0.1) is 5.92 Å². The molecule has 3 atom stereocenters. The Morgan fingerprint density at radius 3 is 3.17 bits per heavy atom. The summed E-state index contributed by atoms with van der Waals surface area (Å²) in [6.45, 7) is 1.05. The van der Waals surface area contributed by atoms with Crippen molar-refractivity contribution < 1.29 is 9.90 Å². The Hall–Kier alpha value is -0.570. The summed E-state index contributed by atoms with van der Waals surface area (Å²) in [6, 6.07) is 0.619. The van der Waals surface area contributed by atoms with Gasteiger partial charge in [-0.05, 0) is 31.6 Å². The number of carboxylic acids is 1. The summed E-state index contributed by atoms with van der Waals surface area (Å²) in [5.41, 5.74) is -0.419. The second-order valence-corrected chi connectivity index (χ2v) is 4.49. The fourth-order valence-corrected chi connectivity index (χ4v) is 3.34. The number of fused-ring (bicyclic) bond motifs is 1. The van der Waals surface area contributed by atoms with Gasteiger partial charge in [-0.25, -0.2) is 0 Å². The molecule has 0 radical (unpaired) electrons. The van der Waals surface area contributed by atoms with Gasteiger partial charge in [-0.1, -0.05) is 0 Å². The maximum absolute atomic E-state index is 11.1. The quantitative estimate of drug-likeness (QED) is 0.625. The molecule has 3 saturated heterocycles. The van der Waals surface area contributed by atoms with Crippen LogP contribution in [-0.2, 0) is 4.79 Å². The number of carbonyl (C=O) groups is 1. The summed E-state index contributed by atoms with van der Waals surface area (Å²) in [7, 11) is 0. The predicted octanol–water partition coefficient (Wildman–Crippen LogP) is 0.698. The molecule has 0 spiro atoms. The molecule has 3 unspecified atom stereocenters. The highest BCUT2D eigenvalue weighted by atomic mass is 16.4. The van der Waals surface area contributed by atoms with E-state index in [1.807, 2.05) is 0 Å². The number of nitrogens with zero attached hydrogens (tertiary/aromatic N) is 1. The molecule has 3 heteroatoms. The molecule has 0 aliphatic carbocycles. The number of hydrogen-bond donors (Lipinski definition) is 1. The van der Waals surface area contributed by atoms with Crippen molar-refractivity contribution in [1.29, 1.82) is 0 Å². The molecule has 3 fully saturated rings. The first kappa shape index (κ1) is 6.89. The average molecular weight is 167 g/mol. The third-order valence-corrected chi connectivity index (χ3v) is 3.99. The second kappa shape index (κ2) is 1.84. The van der Waals surface area contributed by atoms with Crippen molar-refractivity contribution >= 4 is 5.97 Å². The summed E-state index contributed by atoms with van der Waals surface area (Å²) >= 11 is 0. The van der Waals surface area contributed by atoms with E-state index >= 15 is 0 Å². The Labute approximate surface area is 71.4 Å². The zero-order valence-corrected chi connectivity index (χ0v) is 6.99. The molecular weight excluding hydrogens is 154 g/mol. The van der Waals surface area contributed by atoms with E-state index in [0.717, 1.165) is 31.7 Å². The standard InChI is InChI=1S/C9H13NO2/c11-8(12)9-2-1-6-3-7(4-9)10(9)5-6/h6-7H,1-5H2,(H,11,12). The largest absolute Gasteiger partial charge is 0.480 e. The molecule has 0 aromatic rings. The Kier molecular flexibility index (Phi) is 1.06. The average Bonchev–Trinajstić information content (AvgIpc) is 2.20.